The molecule has 43 heavy (non-hydrogen) atoms. The Morgan fingerprint density at radius 3 is 1.47 bits per heavy atom. The van der Waals surface area contributed by atoms with Gasteiger partial charge in [0, 0.05) is 0 Å². The van der Waals surface area contributed by atoms with Crippen LogP contribution in [0, 0.1) is 0 Å². The number of hydrogen-bond acceptors (Lipinski definition) is 7. The fourth-order valence-electron chi connectivity index (χ4n) is 5.01. The van der Waals surface area contributed by atoms with Gasteiger partial charge in [0.1, 0.15) is 24.4 Å². The first-order chi connectivity index (χ1) is 21.0. The van der Waals surface area contributed by atoms with Crippen LogP contribution in [-0.4, -0.2) is 46.6 Å². The van der Waals surface area contributed by atoms with Gasteiger partial charge in [-0.05, 0) is 38.2 Å². The molecule has 0 unspecified atom stereocenters. The molecule has 1 aliphatic rings. The van der Waals surface area contributed by atoms with E-state index in [0.717, 1.165) is 22.3 Å². The van der Waals surface area contributed by atoms with Crippen molar-refractivity contribution in [3.8, 4) is 0 Å². The number of rotatable bonds is 14. The van der Waals surface area contributed by atoms with E-state index in [9.17, 15) is 9.90 Å². The predicted molar refractivity (Wildman–Crippen MR) is 165 cm³/mol. The van der Waals surface area contributed by atoms with E-state index in [2.05, 4.69) is 15.9 Å². The molecule has 0 bridgehead atoms. The normalized spacial score (nSPS) is 23.6. The van der Waals surface area contributed by atoms with Gasteiger partial charge in [-0.3, -0.25) is 4.79 Å². The maximum atomic E-state index is 13.0. The zero-order valence-electron chi connectivity index (χ0n) is 23.7. The van der Waals surface area contributed by atoms with E-state index in [-0.39, 0.29) is 26.4 Å². The molecule has 0 radical (unpaired) electrons. The Morgan fingerprint density at radius 1 is 0.628 bits per heavy atom. The van der Waals surface area contributed by atoms with Gasteiger partial charge in [-0.25, -0.2) is 0 Å². The Hall–Kier alpha value is -3.21. The van der Waals surface area contributed by atoms with Crippen LogP contribution in [0.4, 0.5) is 0 Å². The molecule has 0 aliphatic carbocycles. The van der Waals surface area contributed by atoms with Crippen molar-refractivity contribution < 1.29 is 33.6 Å². The zero-order valence-corrected chi connectivity index (χ0v) is 25.3. The minimum atomic E-state index is -2.37. The summed E-state index contributed by atoms with van der Waals surface area (Å²) in [4.78, 5) is 13.0. The smallest absolute Gasteiger partial charge is 0.268 e. The molecule has 0 saturated carbocycles. The van der Waals surface area contributed by atoms with Crippen molar-refractivity contribution in [2.75, 3.05) is 6.61 Å². The van der Waals surface area contributed by atoms with Gasteiger partial charge in [0.15, 0.2) is 0 Å². The predicted octanol–water partition coefficient (Wildman–Crippen LogP) is 5.97. The first kappa shape index (κ1) is 31.2. The van der Waals surface area contributed by atoms with Crippen LogP contribution in [0.2, 0.25) is 0 Å². The molecular formula is C35H35BrO7. The summed E-state index contributed by atoms with van der Waals surface area (Å²) in [5.74, 6) is -2.37. The van der Waals surface area contributed by atoms with Crippen LogP contribution in [0.1, 0.15) is 22.3 Å². The summed E-state index contributed by atoms with van der Waals surface area (Å²) in [6.07, 6.45) is -3.75. The average molecular weight is 648 g/mol. The molecule has 0 amide bonds. The Morgan fingerprint density at radius 2 is 1.02 bits per heavy atom. The van der Waals surface area contributed by atoms with Gasteiger partial charge in [-0.1, -0.05) is 121 Å². The summed E-state index contributed by atoms with van der Waals surface area (Å²) >= 11 is 2.98. The van der Waals surface area contributed by atoms with Crippen LogP contribution < -0.4 is 0 Å². The number of carbonyl (C=O) groups excluding carboxylic acids is 1. The van der Waals surface area contributed by atoms with Gasteiger partial charge >= 0.3 is 0 Å². The summed E-state index contributed by atoms with van der Waals surface area (Å²) in [5.41, 5.74) is 3.72. The third-order valence-electron chi connectivity index (χ3n) is 7.22. The molecule has 1 N–H and O–H groups in total. The maximum Gasteiger partial charge on any atom is 0.268 e. The lowest BCUT2D eigenvalue weighted by Gasteiger charge is -2.48. The Balaban J connectivity index is 1.45. The Kier molecular flexibility index (Phi) is 11.3. The fraction of sp³-hybridized carbons (Fsp3) is 0.286. The lowest BCUT2D eigenvalue weighted by atomic mass is 9.92. The van der Waals surface area contributed by atoms with Crippen LogP contribution in [0.15, 0.2) is 121 Å². The highest BCUT2D eigenvalue weighted by Crippen LogP contribution is 2.37. The van der Waals surface area contributed by atoms with Gasteiger partial charge < -0.3 is 28.8 Å². The van der Waals surface area contributed by atoms with Crippen LogP contribution >= 0.6 is 15.9 Å². The van der Waals surface area contributed by atoms with E-state index < -0.39 is 34.9 Å². The highest BCUT2D eigenvalue weighted by Gasteiger charge is 2.59. The number of hydrogen-bond donors (Lipinski definition) is 1. The molecular weight excluding hydrogens is 612 g/mol. The largest absolute Gasteiger partial charge is 0.374 e. The van der Waals surface area contributed by atoms with Crippen molar-refractivity contribution in [3.63, 3.8) is 0 Å². The van der Waals surface area contributed by atoms with Crippen LogP contribution in [0.25, 0.3) is 0 Å². The molecule has 5 atom stereocenters. The van der Waals surface area contributed by atoms with E-state index in [1.54, 1.807) is 0 Å². The summed E-state index contributed by atoms with van der Waals surface area (Å²) in [6.45, 7) is 0.917. The van der Waals surface area contributed by atoms with Crippen LogP contribution in [-0.2, 0) is 54.9 Å². The van der Waals surface area contributed by atoms with E-state index >= 15 is 0 Å². The molecule has 0 aromatic heterocycles. The van der Waals surface area contributed by atoms with Gasteiger partial charge in [0.05, 0.1) is 33.0 Å². The highest BCUT2D eigenvalue weighted by molar-refractivity contribution is 9.18. The number of halogens is 1. The second kappa shape index (κ2) is 15.5. The SMILES string of the molecule is O=C(Br)[C@]1(O)O[C@H](COCc2ccccc2)[C@@H](OCc2ccccc2)[C@H](OCc2ccccc2)[C@@H]1OCc1ccccc1. The fourth-order valence-corrected chi connectivity index (χ4v) is 5.33. The average Bonchev–Trinajstić information content (AvgIpc) is 3.04. The topological polar surface area (TPSA) is 83.5 Å². The zero-order chi connectivity index (χ0) is 29.9. The second-order valence-electron chi connectivity index (χ2n) is 10.4. The van der Waals surface area contributed by atoms with E-state index in [1.807, 2.05) is 121 Å². The lowest BCUT2D eigenvalue weighted by Crippen LogP contribution is -2.69. The van der Waals surface area contributed by atoms with Crippen molar-refractivity contribution >= 4 is 20.6 Å². The molecule has 1 fully saturated rings. The van der Waals surface area contributed by atoms with Gasteiger partial charge in [-0.2, -0.15) is 0 Å². The van der Waals surface area contributed by atoms with Gasteiger partial charge in [0.25, 0.3) is 10.5 Å². The summed E-state index contributed by atoms with van der Waals surface area (Å²) in [7, 11) is 0. The number of ether oxygens (including phenoxy) is 5. The quantitative estimate of drug-likeness (QED) is 0.169. The molecule has 4 aromatic rings. The first-order valence-corrected chi connectivity index (χ1v) is 15.0. The number of aliphatic hydroxyl groups is 1. The van der Waals surface area contributed by atoms with Crippen molar-refractivity contribution in [2.45, 2.75) is 56.6 Å². The Labute approximate surface area is 260 Å². The van der Waals surface area contributed by atoms with Crippen molar-refractivity contribution in [3.05, 3.63) is 144 Å². The highest BCUT2D eigenvalue weighted by atomic mass is 79.9. The van der Waals surface area contributed by atoms with Crippen molar-refractivity contribution in [1.82, 2.24) is 0 Å². The molecule has 224 valence electrons. The van der Waals surface area contributed by atoms with Crippen molar-refractivity contribution in [2.24, 2.45) is 0 Å². The molecule has 5 rings (SSSR count). The molecule has 7 nitrogen and oxygen atoms in total. The molecule has 4 aromatic carbocycles. The first-order valence-electron chi connectivity index (χ1n) is 14.2. The molecule has 1 aliphatic heterocycles. The van der Waals surface area contributed by atoms with Crippen LogP contribution in [0.5, 0.6) is 0 Å². The lowest BCUT2D eigenvalue weighted by molar-refractivity contribution is -0.350. The Bertz CT molecular complexity index is 1390. The number of benzene rings is 4. The monoisotopic (exact) mass is 646 g/mol. The molecule has 0 spiro atoms. The summed E-state index contributed by atoms with van der Waals surface area (Å²) in [5, 5.41) is 11.8. The number of carbonyl (C=O) groups is 1. The molecule has 8 heteroatoms. The molecule has 1 heterocycles. The maximum absolute atomic E-state index is 13.0. The molecule has 1 saturated heterocycles. The van der Waals surface area contributed by atoms with E-state index in [4.69, 9.17) is 23.7 Å². The standard InChI is InChI=1S/C35H35BrO7/c36-34(37)35(38)33(42-24-29-19-11-4-12-20-29)32(41-23-28-17-9-3-10-18-28)31(40-22-27-15-7-2-8-16-27)30(43-35)25-39-21-26-13-5-1-6-14-26/h1-20,30-33,38H,21-25H2/t30-,31-,32+,33+,35-/m1/s1. The van der Waals surface area contributed by atoms with Crippen molar-refractivity contribution in [1.29, 1.82) is 0 Å². The summed E-state index contributed by atoms with van der Waals surface area (Å²) < 4.78 is 30.7. The van der Waals surface area contributed by atoms with Crippen LogP contribution in [0.3, 0.4) is 0 Å². The summed E-state index contributed by atoms with van der Waals surface area (Å²) in [6, 6.07) is 38.7. The minimum absolute atomic E-state index is 0.0353. The minimum Gasteiger partial charge on any atom is -0.374 e. The van der Waals surface area contributed by atoms with Gasteiger partial charge in [-0.15, -0.1) is 0 Å². The second-order valence-corrected chi connectivity index (χ2v) is 11.1. The third-order valence-corrected chi connectivity index (χ3v) is 7.79. The van der Waals surface area contributed by atoms with E-state index in [0.29, 0.717) is 6.61 Å². The van der Waals surface area contributed by atoms with Gasteiger partial charge in [0.2, 0.25) is 0 Å². The van der Waals surface area contributed by atoms with E-state index in [1.165, 1.54) is 0 Å². The third kappa shape index (κ3) is 8.46.